The van der Waals surface area contributed by atoms with Crippen LogP contribution in [0.5, 0.6) is 0 Å². The van der Waals surface area contributed by atoms with Crippen molar-refractivity contribution < 1.29 is 4.42 Å². The zero-order valence-electron chi connectivity index (χ0n) is 14.7. The highest BCUT2D eigenvalue weighted by Gasteiger charge is 2.19. The molecule has 5 nitrogen and oxygen atoms in total. The maximum Gasteiger partial charge on any atom is 0.257 e. The van der Waals surface area contributed by atoms with Gasteiger partial charge in [-0.15, -0.1) is 21.5 Å². The molecule has 0 bridgehead atoms. The van der Waals surface area contributed by atoms with E-state index in [0.29, 0.717) is 11.8 Å². The van der Waals surface area contributed by atoms with Crippen LogP contribution in [0.25, 0.3) is 16.5 Å². The Morgan fingerprint density at radius 2 is 2.04 bits per heavy atom. The second-order valence-electron chi connectivity index (χ2n) is 5.98. The van der Waals surface area contributed by atoms with E-state index in [1.807, 2.05) is 29.9 Å². The third kappa shape index (κ3) is 3.20. The standard InChI is InChI=1S/C19H18N4OS2/c1-12-6-4-7-15(13(12)2)23-10-9-20-19(23)26-14(3)17-21-22-18(24-17)16-8-5-11-25-16/h4-11,14H,1-3H3. The van der Waals surface area contributed by atoms with E-state index >= 15 is 0 Å². The van der Waals surface area contributed by atoms with Gasteiger partial charge in [-0.2, -0.15) is 0 Å². The van der Waals surface area contributed by atoms with Gasteiger partial charge in [-0.05, 0) is 49.4 Å². The normalized spacial score (nSPS) is 12.4. The molecule has 4 aromatic rings. The summed E-state index contributed by atoms with van der Waals surface area (Å²) in [6, 6.07) is 10.3. The SMILES string of the molecule is Cc1cccc(-n2ccnc2SC(C)c2nnc(-c3cccs3)o2)c1C. The molecule has 0 aliphatic heterocycles. The first-order chi connectivity index (χ1) is 12.6. The third-order valence-corrected chi connectivity index (χ3v) is 6.17. The highest BCUT2D eigenvalue weighted by molar-refractivity contribution is 7.99. The largest absolute Gasteiger partial charge is 0.419 e. The zero-order valence-corrected chi connectivity index (χ0v) is 16.3. The number of rotatable bonds is 5. The van der Waals surface area contributed by atoms with E-state index in [9.17, 15) is 0 Å². The Morgan fingerprint density at radius 3 is 2.85 bits per heavy atom. The fourth-order valence-electron chi connectivity index (χ4n) is 2.66. The van der Waals surface area contributed by atoms with Crippen molar-refractivity contribution in [2.75, 3.05) is 0 Å². The highest BCUT2D eigenvalue weighted by Crippen LogP contribution is 2.36. The van der Waals surface area contributed by atoms with Crippen molar-refractivity contribution in [2.24, 2.45) is 0 Å². The molecule has 0 amide bonds. The summed E-state index contributed by atoms with van der Waals surface area (Å²) in [5, 5.41) is 11.3. The Morgan fingerprint density at radius 1 is 1.15 bits per heavy atom. The van der Waals surface area contributed by atoms with Gasteiger partial charge in [0.2, 0.25) is 5.89 Å². The van der Waals surface area contributed by atoms with Gasteiger partial charge >= 0.3 is 0 Å². The molecule has 132 valence electrons. The number of benzene rings is 1. The molecule has 0 fully saturated rings. The maximum absolute atomic E-state index is 5.86. The van der Waals surface area contributed by atoms with Gasteiger partial charge in [0, 0.05) is 12.4 Å². The third-order valence-electron chi connectivity index (χ3n) is 4.24. The Labute approximate surface area is 160 Å². The molecule has 4 rings (SSSR count). The second kappa shape index (κ2) is 7.09. The van der Waals surface area contributed by atoms with Crippen LogP contribution in [0.1, 0.15) is 29.2 Å². The molecule has 0 saturated heterocycles. The molecule has 3 heterocycles. The molecular weight excluding hydrogens is 364 g/mol. The number of aryl methyl sites for hydroxylation is 1. The lowest BCUT2D eigenvalue weighted by atomic mass is 10.1. The number of imidazole rings is 1. The number of aromatic nitrogens is 4. The minimum Gasteiger partial charge on any atom is -0.419 e. The molecule has 0 aliphatic rings. The van der Waals surface area contributed by atoms with Crippen LogP contribution in [0, 0.1) is 13.8 Å². The summed E-state index contributed by atoms with van der Waals surface area (Å²) in [4.78, 5) is 5.51. The van der Waals surface area contributed by atoms with Crippen molar-refractivity contribution in [2.45, 2.75) is 31.2 Å². The van der Waals surface area contributed by atoms with Crippen LogP contribution >= 0.6 is 23.1 Å². The first kappa shape index (κ1) is 17.1. The van der Waals surface area contributed by atoms with Crippen LogP contribution in [-0.4, -0.2) is 19.7 Å². The summed E-state index contributed by atoms with van der Waals surface area (Å²) in [7, 11) is 0. The van der Waals surface area contributed by atoms with Gasteiger partial charge < -0.3 is 4.42 Å². The maximum atomic E-state index is 5.86. The fraction of sp³-hybridized carbons (Fsp3) is 0.211. The molecule has 0 N–H and O–H groups in total. The number of hydrogen-bond acceptors (Lipinski definition) is 6. The van der Waals surface area contributed by atoms with Crippen LogP contribution in [0.3, 0.4) is 0 Å². The first-order valence-electron chi connectivity index (χ1n) is 8.27. The van der Waals surface area contributed by atoms with Crippen molar-refractivity contribution in [3.63, 3.8) is 0 Å². The number of nitrogens with zero attached hydrogens (tertiary/aromatic N) is 4. The Bertz CT molecular complexity index is 1020. The average Bonchev–Trinajstić information content (AvgIpc) is 3.38. The minimum absolute atomic E-state index is 0.00229. The van der Waals surface area contributed by atoms with Crippen molar-refractivity contribution in [3.8, 4) is 16.5 Å². The van der Waals surface area contributed by atoms with E-state index in [1.165, 1.54) is 11.1 Å². The number of thioether (sulfide) groups is 1. The molecule has 0 radical (unpaired) electrons. The first-order valence-corrected chi connectivity index (χ1v) is 10.0. The lowest BCUT2D eigenvalue weighted by molar-refractivity contribution is 0.510. The fourth-order valence-corrected chi connectivity index (χ4v) is 4.22. The molecule has 0 saturated carbocycles. The zero-order chi connectivity index (χ0) is 18.1. The van der Waals surface area contributed by atoms with Crippen molar-refractivity contribution in [1.29, 1.82) is 0 Å². The summed E-state index contributed by atoms with van der Waals surface area (Å²) in [6.45, 7) is 6.31. The molecule has 26 heavy (non-hydrogen) atoms. The van der Waals surface area contributed by atoms with E-state index in [2.05, 4.69) is 58.7 Å². The van der Waals surface area contributed by atoms with Crippen LogP contribution in [0.15, 0.2) is 57.7 Å². The summed E-state index contributed by atoms with van der Waals surface area (Å²) < 4.78 is 7.97. The van der Waals surface area contributed by atoms with E-state index in [4.69, 9.17) is 4.42 Å². The molecule has 0 aliphatic carbocycles. The van der Waals surface area contributed by atoms with Gasteiger partial charge in [-0.25, -0.2) is 4.98 Å². The Kier molecular flexibility index (Phi) is 4.65. The highest BCUT2D eigenvalue weighted by atomic mass is 32.2. The van der Waals surface area contributed by atoms with Gasteiger partial charge in [0.15, 0.2) is 5.16 Å². The van der Waals surface area contributed by atoms with E-state index in [1.54, 1.807) is 23.1 Å². The van der Waals surface area contributed by atoms with Gasteiger partial charge in [0.1, 0.15) is 0 Å². The molecule has 7 heteroatoms. The lowest BCUT2D eigenvalue weighted by Crippen LogP contribution is -2.00. The number of thiophene rings is 1. The Balaban J connectivity index is 1.59. The van der Waals surface area contributed by atoms with Gasteiger partial charge in [0.05, 0.1) is 15.8 Å². The van der Waals surface area contributed by atoms with E-state index in [-0.39, 0.29) is 5.25 Å². The summed E-state index contributed by atoms with van der Waals surface area (Å²) >= 11 is 3.20. The quantitative estimate of drug-likeness (QED) is 0.429. The lowest BCUT2D eigenvalue weighted by Gasteiger charge is -2.13. The minimum atomic E-state index is 0.00229. The summed E-state index contributed by atoms with van der Waals surface area (Å²) in [5.74, 6) is 1.18. The van der Waals surface area contributed by atoms with E-state index < -0.39 is 0 Å². The van der Waals surface area contributed by atoms with Crippen molar-refractivity contribution in [1.82, 2.24) is 19.7 Å². The van der Waals surface area contributed by atoms with Crippen molar-refractivity contribution >= 4 is 23.1 Å². The number of hydrogen-bond donors (Lipinski definition) is 0. The molecule has 1 aromatic carbocycles. The Hall–Kier alpha value is -2.38. The van der Waals surface area contributed by atoms with Gasteiger partial charge in [-0.1, -0.05) is 30.0 Å². The van der Waals surface area contributed by atoms with Gasteiger partial charge in [-0.3, -0.25) is 4.57 Å². The monoisotopic (exact) mass is 382 g/mol. The van der Waals surface area contributed by atoms with Crippen molar-refractivity contribution in [3.05, 3.63) is 65.1 Å². The molecule has 1 unspecified atom stereocenters. The predicted octanol–water partition coefficient (Wildman–Crippen LogP) is 5.45. The molecule has 0 spiro atoms. The predicted molar refractivity (Wildman–Crippen MR) is 105 cm³/mol. The van der Waals surface area contributed by atoms with E-state index in [0.717, 1.165) is 15.7 Å². The molecule has 1 atom stereocenters. The smallest absolute Gasteiger partial charge is 0.257 e. The average molecular weight is 383 g/mol. The molecular formula is C19H18N4OS2. The molecule has 3 aromatic heterocycles. The van der Waals surface area contributed by atoms with Crippen LogP contribution < -0.4 is 0 Å². The van der Waals surface area contributed by atoms with Crippen LogP contribution in [0.2, 0.25) is 0 Å². The van der Waals surface area contributed by atoms with Crippen LogP contribution in [-0.2, 0) is 0 Å². The van der Waals surface area contributed by atoms with Gasteiger partial charge in [0.25, 0.3) is 5.89 Å². The summed E-state index contributed by atoms with van der Waals surface area (Å²) in [6.07, 6.45) is 3.81. The van der Waals surface area contributed by atoms with Crippen LogP contribution in [0.4, 0.5) is 0 Å². The summed E-state index contributed by atoms with van der Waals surface area (Å²) in [5.41, 5.74) is 3.65. The topological polar surface area (TPSA) is 56.7 Å². The second-order valence-corrected chi connectivity index (χ2v) is 8.24.